The van der Waals surface area contributed by atoms with E-state index in [-0.39, 0.29) is 16.3 Å². The van der Waals surface area contributed by atoms with E-state index in [4.69, 9.17) is 0 Å². The molecule has 0 amide bonds. The van der Waals surface area contributed by atoms with Gasteiger partial charge < -0.3 is 0 Å². The zero-order chi connectivity index (χ0) is 15.7. The van der Waals surface area contributed by atoms with Crippen molar-refractivity contribution in [3.8, 4) is 0 Å². The second-order valence-electron chi connectivity index (χ2n) is 4.43. The summed E-state index contributed by atoms with van der Waals surface area (Å²) in [6.07, 6.45) is 0.931. The molecule has 0 spiro atoms. The summed E-state index contributed by atoms with van der Waals surface area (Å²) in [5.41, 5.74) is 0. The van der Waals surface area contributed by atoms with Gasteiger partial charge in [-0.2, -0.15) is 4.31 Å². The van der Waals surface area contributed by atoms with Crippen molar-refractivity contribution in [3.05, 3.63) is 24.0 Å². The van der Waals surface area contributed by atoms with Gasteiger partial charge >= 0.3 is 0 Å². The predicted molar refractivity (Wildman–Crippen MR) is 77.7 cm³/mol. The van der Waals surface area contributed by atoms with Gasteiger partial charge in [-0.25, -0.2) is 21.2 Å². The van der Waals surface area contributed by atoms with Crippen LogP contribution in [-0.4, -0.2) is 45.8 Å². The number of halogens is 2. The molecule has 1 unspecified atom stereocenters. The zero-order valence-electron chi connectivity index (χ0n) is 11.2. The van der Waals surface area contributed by atoms with E-state index in [0.717, 1.165) is 28.8 Å². The number of nitrogens with zero attached hydrogens (tertiary/aromatic N) is 1. The van der Waals surface area contributed by atoms with E-state index in [2.05, 4.69) is 15.9 Å². The fourth-order valence-electron chi connectivity index (χ4n) is 1.53. The van der Waals surface area contributed by atoms with Crippen molar-refractivity contribution in [2.45, 2.75) is 21.5 Å². The van der Waals surface area contributed by atoms with Gasteiger partial charge in [0.2, 0.25) is 10.0 Å². The molecule has 0 aliphatic carbocycles. The molecule has 5 nitrogen and oxygen atoms in total. The topological polar surface area (TPSA) is 71.5 Å². The van der Waals surface area contributed by atoms with Crippen LogP contribution in [0.4, 0.5) is 4.39 Å². The molecule has 114 valence electrons. The Labute approximate surface area is 126 Å². The van der Waals surface area contributed by atoms with Gasteiger partial charge in [-0.05, 0) is 18.2 Å². The first kappa shape index (κ1) is 17.5. The van der Waals surface area contributed by atoms with Gasteiger partial charge in [-0.15, -0.1) is 0 Å². The average molecular weight is 388 g/mol. The fourth-order valence-corrected chi connectivity index (χ4v) is 4.23. The summed E-state index contributed by atoms with van der Waals surface area (Å²) >= 11 is 3.21. The summed E-state index contributed by atoms with van der Waals surface area (Å²) in [4.78, 5) is -1.00. The lowest BCUT2D eigenvalue weighted by Crippen LogP contribution is -2.32. The Balaban J connectivity index is 3.38. The molecule has 0 heterocycles. The molecule has 0 fully saturated rings. The number of sulfone groups is 1. The fraction of sp³-hybridized carbons (Fsp3) is 0.455. The first-order chi connectivity index (χ1) is 8.96. The van der Waals surface area contributed by atoms with Crippen LogP contribution in [0.1, 0.15) is 6.92 Å². The van der Waals surface area contributed by atoms with E-state index in [1.54, 1.807) is 6.92 Å². The number of alkyl halides is 1. The van der Waals surface area contributed by atoms with Crippen molar-refractivity contribution in [1.82, 2.24) is 4.31 Å². The van der Waals surface area contributed by atoms with Crippen LogP contribution in [0.15, 0.2) is 28.0 Å². The van der Waals surface area contributed by atoms with Gasteiger partial charge in [0.05, 0.1) is 4.90 Å². The maximum Gasteiger partial charge on any atom is 0.245 e. The van der Waals surface area contributed by atoms with Crippen LogP contribution < -0.4 is 0 Å². The molecule has 9 heteroatoms. The molecule has 1 aromatic rings. The number of hydrogen-bond acceptors (Lipinski definition) is 4. The first-order valence-electron chi connectivity index (χ1n) is 5.56. The summed E-state index contributed by atoms with van der Waals surface area (Å²) in [5, 5.41) is 0. The Morgan fingerprint density at radius 1 is 1.30 bits per heavy atom. The Hall–Kier alpha value is -0.510. The molecular weight excluding hydrogens is 373 g/mol. The normalized spacial score (nSPS) is 14.5. The van der Waals surface area contributed by atoms with Crippen molar-refractivity contribution >= 4 is 35.8 Å². The quantitative estimate of drug-likeness (QED) is 0.568. The van der Waals surface area contributed by atoms with E-state index in [9.17, 15) is 21.2 Å². The maximum absolute atomic E-state index is 13.7. The van der Waals surface area contributed by atoms with Crippen LogP contribution in [0.25, 0.3) is 0 Å². The van der Waals surface area contributed by atoms with Crippen LogP contribution in [-0.2, 0) is 19.9 Å². The van der Waals surface area contributed by atoms with E-state index in [1.165, 1.54) is 7.05 Å². The van der Waals surface area contributed by atoms with Crippen molar-refractivity contribution in [1.29, 1.82) is 0 Å². The third-order valence-corrected chi connectivity index (χ3v) is 5.77. The molecule has 0 aliphatic heterocycles. The van der Waals surface area contributed by atoms with Gasteiger partial charge in [-0.3, -0.25) is 0 Å². The molecule has 0 radical (unpaired) electrons. The molecule has 1 rings (SSSR count). The highest BCUT2D eigenvalue weighted by Crippen LogP contribution is 2.22. The first-order valence-corrected chi connectivity index (χ1v) is 9.81. The van der Waals surface area contributed by atoms with Crippen LogP contribution in [0.5, 0.6) is 0 Å². The molecule has 0 aromatic heterocycles. The largest absolute Gasteiger partial charge is 0.245 e. The predicted octanol–water partition coefficient (Wildman–Crippen LogP) is 1.63. The van der Waals surface area contributed by atoms with Gasteiger partial charge in [0.15, 0.2) is 9.84 Å². The number of sulfonamides is 1. The van der Waals surface area contributed by atoms with Crippen molar-refractivity contribution < 1.29 is 21.2 Å². The SMILES string of the molecule is CC(Br)CN(C)S(=O)(=O)c1cc(S(C)(=O)=O)ccc1F. The average Bonchev–Trinajstić information content (AvgIpc) is 2.26. The second-order valence-corrected chi connectivity index (χ2v) is 10.0. The third kappa shape index (κ3) is 4.00. The van der Waals surface area contributed by atoms with Crippen LogP contribution in [0, 0.1) is 5.82 Å². The minimum absolute atomic E-state index is 0.122. The van der Waals surface area contributed by atoms with Crippen LogP contribution >= 0.6 is 15.9 Å². The lowest BCUT2D eigenvalue weighted by atomic mass is 10.3. The zero-order valence-corrected chi connectivity index (χ0v) is 14.4. The highest BCUT2D eigenvalue weighted by Gasteiger charge is 2.26. The van der Waals surface area contributed by atoms with Gasteiger partial charge in [0.25, 0.3) is 0 Å². The molecule has 0 N–H and O–H groups in total. The molecule has 0 saturated heterocycles. The number of rotatable bonds is 5. The Bertz CT molecular complexity index is 701. The van der Waals surface area contributed by atoms with Crippen molar-refractivity contribution in [2.75, 3.05) is 19.8 Å². The van der Waals surface area contributed by atoms with Crippen LogP contribution in [0.3, 0.4) is 0 Å². The summed E-state index contributed by atoms with van der Waals surface area (Å²) in [7, 11) is -6.39. The highest BCUT2D eigenvalue weighted by molar-refractivity contribution is 9.09. The van der Waals surface area contributed by atoms with Gasteiger partial charge in [0.1, 0.15) is 10.7 Å². The number of benzene rings is 1. The minimum Gasteiger partial charge on any atom is -0.224 e. The monoisotopic (exact) mass is 387 g/mol. The van der Waals surface area contributed by atoms with Crippen molar-refractivity contribution in [2.24, 2.45) is 0 Å². The van der Waals surface area contributed by atoms with E-state index < -0.39 is 30.6 Å². The lowest BCUT2D eigenvalue weighted by molar-refractivity contribution is 0.466. The van der Waals surface area contributed by atoms with Gasteiger partial charge in [-0.1, -0.05) is 22.9 Å². The lowest BCUT2D eigenvalue weighted by Gasteiger charge is -2.19. The third-order valence-electron chi connectivity index (χ3n) is 2.53. The standard InChI is InChI=1S/C11H15BrFNO4S2/c1-8(12)7-14(2)20(17,18)11-6-9(19(3,15)16)4-5-10(11)13/h4-6,8H,7H2,1-3H3. The molecule has 1 aromatic carbocycles. The molecule has 0 saturated carbocycles. The Kier molecular flexibility index (Phi) is 5.34. The highest BCUT2D eigenvalue weighted by atomic mass is 79.9. The second kappa shape index (κ2) is 6.08. The van der Waals surface area contributed by atoms with Gasteiger partial charge in [0, 0.05) is 24.7 Å². The maximum atomic E-state index is 13.7. The van der Waals surface area contributed by atoms with Crippen molar-refractivity contribution in [3.63, 3.8) is 0 Å². The van der Waals surface area contributed by atoms with E-state index in [1.807, 2.05) is 0 Å². The molecule has 1 atom stereocenters. The molecule has 0 bridgehead atoms. The summed E-state index contributed by atoms with van der Waals surface area (Å²) in [5.74, 6) is -0.980. The Morgan fingerprint density at radius 2 is 1.85 bits per heavy atom. The summed E-state index contributed by atoms with van der Waals surface area (Å²) < 4.78 is 62.0. The summed E-state index contributed by atoms with van der Waals surface area (Å²) in [6.45, 7) is 1.88. The minimum atomic E-state index is -4.08. The molecule has 20 heavy (non-hydrogen) atoms. The van der Waals surface area contributed by atoms with Crippen LogP contribution in [0.2, 0.25) is 0 Å². The molecular formula is C11H15BrFNO4S2. The smallest absolute Gasteiger partial charge is 0.224 e. The summed E-state index contributed by atoms with van der Waals surface area (Å²) in [6, 6.07) is 2.72. The Morgan fingerprint density at radius 3 is 2.30 bits per heavy atom. The molecule has 0 aliphatic rings. The number of hydrogen-bond donors (Lipinski definition) is 0. The van der Waals surface area contributed by atoms with E-state index >= 15 is 0 Å². The van der Waals surface area contributed by atoms with E-state index in [0.29, 0.717) is 0 Å².